The van der Waals surface area contributed by atoms with E-state index in [1.807, 2.05) is 0 Å². The van der Waals surface area contributed by atoms with Gasteiger partial charge in [-0.25, -0.2) is 0 Å². The van der Waals surface area contributed by atoms with Gasteiger partial charge in [-0.05, 0) is 31.9 Å². The normalized spacial score (nSPS) is 25.1. The maximum Gasteiger partial charge on any atom is 0.0320 e. The van der Waals surface area contributed by atoms with Gasteiger partial charge in [0.1, 0.15) is 0 Å². The first-order valence-electron chi connectivity index (χ1n) is 5.82. The van der Waals surface area contributed by atoms with Gasteiger partial charge in [0.25, 0.3) is 0 Å². The van der Waals surface area contributed by atoms with Crippen LogP contribution in [0.5, 0.6) is 0 Å². The van der Waals surface area contributed by atoms with Crippen molar-refractivity contribution in [2.24, 2.45) is 5.73 Å². The van der Waals surface area contributed by atoms with Gasteiger partial charge in [-0.2, -0.15) is 0 Å². The number of nitrogens with zero attached hydrogens (tertiary/aromatic N) is 1. The van der Waals surface area contributed by atoms with E-state index in [-0.39, 0.29) is 0 Å². The Hall–Kier alpha value is -0.860. The molecular weight excluding hydrogens is 184 g/mol. The third-order valence-electron chi connectivity index (χ3n) is 3.32. The number of nitrogens with two attached hydrogens (primary N) is 1. The van der Waals surface area contributed by atoms with Gasteiger partial charge in [0.2, 0.25) is 0 Å². The highest BCUT2D eigenvalue weighted by Crippen LogP contribution is 2.23. The van der Waals surface area contributed by atoms with Gasteiger partial charge in [-0.15, -0.1) is 0 Å². The summed E-state index contributed by atoms with van der Waals surface area (Å²) in [5, 5.41) is 0. The summed E-state index contributed by atoms with van der Waals surface area (Å²) in [6, 6.07) is 11.5. The zero-order chi connectivity index (χ0) is 10.7. The highest BCUT2D eigenvalue weighted by molar-refractivity contribution is 5.18. The molecule has 1 heterocycles. The molecule has 1 saturated heterocycles. The summed E-state index contributed by atoms with van der Waals surface area (Å²) in [5.41, 5.74) is 7.39. The lowest BCUT2D eigenvalue weighted by Gasteiger charge is -2.35. The predicted octanol–water partition coefficient (Wildman–Crippen LogP) is 2.17. The Morgan fingerprint density at radius 3 is 2.73 bits per heavy atom. The number of piperidine rings is 1. The van der Waals surface area contributed by atoms with Crippen LogP contribution in [0.15, 0.2) is 30.3 Å². The second-order valence-electron chi connectivity index (χ2n) is 4.48. The highest BCUT2D eigenvalue weighted by atomic mass is 15.2. The van der Waals surface area contributed by atoms with Crippen LogP contribution in [0.25, 0.3) is 0 Å². The van der Waals surface area contributed by atoms with E-state index >= 15 is 0 Å². The molecule has 0 aliphatic carbocycles. The topological polar surface area (TPSA) is 29.3 Å². The van der Waals surface area contributed by atoms with Crippen LogP contribution in [0.1, 0.15) is 31.4 Å². The summed E-state index contributed by atoms with van der Waals surface area (Å²) in [6.45, 7) is 4.49. The van der Waals surface area contributed by atoms with E-state index in [1.54, 1.807) is 0 Å². The molecule has 1 aromatic rings. The molecule has 0 radical (unpaired) electrons. The SMILES string of the molecule is CC(c1ccccc1)N1CCCC(N)C1. The van der Waals surface area contributed by atoms with Crippen molar-refractivity contribution < 1.29 is 0 Å². The van der Waals surface area contributed by atoms with Crippen molar-refractivity contribution in [3.05, 3.63) is 35.9 Å². The number of rotatable bonds is 2. The summed E-state index contributed by atoms with van der Waals surface area (Å²) in [7, 11) is 0. The zero-order valence-electron chi connectivity index (χ0n) is 9.39. The van der Waals surface area contributed by atoms with E-state index in [4.69, 9.17) is 5.73 Å². The van der Waals surface area contributed by atoms with Crippen LogP contribution in [0.2, 0.25) is 0 Å². The van der Waals surface area contributed by atoms with Gasteiger partial charge < -0.3 is 5.73 Å². The minimum Gasteiger partial charge on any atom is -0.327 e. The lowest BCUT2D eigenvalue weighted by Crippen LogP contribution is -2.43. The summed E-state index contributed by atoms with van der Waals surface area (Å²) in [4.78, 5) is 2.49. The molecule has 1 aromatic carbocycles. The van der Waals surface area contributed by atoms with Crippen LogP contribution >= 0.6 is 0 Å². The molecule has 2 N–H and O–H groups in total. The molecule has 2 unspecified atom stereocenters. The van der Waals surface area contributed by atoms with Crippen molar-refractivity contribution in [1.29, 1.82) is 0 Å². The van der Waals surface area contributed by atoms with Crippen molar-refractivity contribution in [3.63, 3.8) is 0 Å². The van der Waals surface area contributed by atoms with E-state index in [0.717, 1.165) is 6.54 Å². The van der Waals surface area contributed by atoms with Crippen molar-refractivity contribution in [2.75, 3.05) is 13.1 Å². The average Bonchev–Trinajstić information content (AvgIpc) is 2.29. The first kappa shape index (κ1) is 10.7. The van der Waals surface area contributed by atoms with Crippen molar-refractivity contribution in [2.45, 2.75) is 31.8 Å². The fourth-order valence-electron chi connectivity index (χ4n) is 2.33. The highest BCUT2D eigenvalue weighted by Gasteiger charge is 2.21. The summed E-state index contributed by atoms with van der Waals surface area (Å²) in [5.74, 6) is 0. The Morgan fingerprint density at radius 1 is 1.33 bits per heavy atom. The third-order valence-corrected chi connectivity index (χ3v) is 3.32. The number of hydrogen-bond acceptors (Lipinski definition) is 2. The molecule has 2 heteroatoms. The molecule has 0 spiro atoms. The number of likely N-dealkylation sites (tertiary alicyclic amines) is 1. The van der Waals surface area contributed by atoms with Crippen LogP contribution in [-0.2, 0) is 0 Å². The Morgan fingerprint density at radius 2 is 2.07 bits per heavy atom. The maximum atomic E-state index is 6.00. The lowest BCUT2D eigenvalue weighted by molar-refractivity contribution is 0.159. The molecule has 1 aliphatic rings. The van der Waals surface area contributed by atoms with E-state index in [2.05, 4.69) is 42.2 Å². The second kappa shape index (κ2) is 4.77. The van der Waals surface area contributed by atoms with Gasteiger partial charge in [0, 0.05) is 18.6 Å². The largest absolute Gasteiger partial charge is 0.327 e. The van der Waals surface area contributed by atoms with E-state index in [1.165, 1.54) is 24.9 Å². The Labute approximate surface area is 92.1 Å². The van der Waals surface area contributed by atoms with Crippen LogP contribution in [0.4, 0.5) is 0 Å². The lowest BCUT2D eigenvalue weighted by atomic mass is 10.0. The third kappa shape index (κ3) is 2.58. The number of hydrogen-bond donors (Lipinski definition) is 1. The van der Waals surface area contributed by atoms with E-state index in [9.17, 15) is 0 Å². The molecule has 2 nitrogen and oxygen atoms in total. The molecule has 2 atom stereocenters. The van der Waals surface area contributed by atoms with E-state index in [0.29, 0.717) is 12.1 Å². The smallest absolute Gasteiger partial charge is 0.0320 e. The molecule has 1 fully saturated rings. The fourth-order valence-corrected chi connectivity index (χ4v) is 2.33. The Bertz CT molecular complexity index is 297. The first-order chi connectivity index (χ1) is 7.27. The minimum absolute atomic E-state index is 0.366. The zero-order valence-corrected chi connectivity index (χ0v) is 9.39. The van der Waals surface area contributed by atoms with Crippen LogP contribution in [0, 0.1) is 0 Å². The Balaban J connectivity index is 2.04. The fraction of sp³-hybridized carbons (Fsp3) is 0.538. The van der Waals surface area contributed by atoms with Crippen molar-refractivity contribution >= 4 is 0 Å². The molecule has 0 bridgehead atoms. The average molecular weight is 204 g/mol. The molecule has 15 heavy (non-hydrogen) atoms. The van der Waals surface area contributed by atoms with Gasteiger partial charge >= 0.3 is 0 Å². The maximum absolute atomic E-state index is 6.00. The van der Waals surface area contributed by atoms with Gasteiger partial charge in [0.05, 0.1) is 0 Å². The summed E-state index contributed by atoms with van der Waals surface area (Å²) >= 11 is 0. The van der Waals surface area contributed by atoms with Crippen LogP contribution < -0.4 is 5.73 Å². The predicted molar refractivity (Wildman–Crippen MR) is 63.6 cm³/mol. The van der Waals surface area contributed by atoms with Gasteiger partial charge in [-0.1, -0.05) is 30.3 Å². The molecule has 0 aromatic heterocycles. The van der Waals surface area contributed by atoms with Gasteiger partial charge in [0.15, 0.2) is 0 Å². The van der Waals surface area contributed by atoms with Crippen LogP contribution in [-0.4, -0.2) is 24.0 Å². The van der Waals surface area contributed by atoms with Crippen molar-refractivity contribution in [3.8, 4) is 0 Å². The minimum atomic E-state index is 0.366. The molecular formula is C13H20N2. The molecule has 0 saturated carbocycles. The molecule has 0 amide bonds. The van der Waals surface area contributed by atoms with Crippen LogP contribution in [0.3, 0.4) is 0 Å². The quantitative estimate of drug-likeness (QED) is 0.800. The summed E-state index contributed by atoms with van der Waals surface area (Å²) < 4.78 is 0. The van der Waals surface area contributed by atoms with Crippen molar-refractivity contribution in [1.82, 2.24) is 4.90 Å². The number of benzene rings is 1. The molecule has 82 valence electrons. The molecule has 2 rings (SSSR count). The Kier molecular flexibility index (Phi) is 3.39. The second-order valence-corrected chi connectivity index (χ2v) is 4.48. The van der Waals surface area contributed by atoms with E-state index < -0.39 is 0 Å². The first-order valence-corrected chi connectivity index (χ1v) is 5.82. The monoisotopic (exact) mass is 204 g/mol. The van der Waals surface area contributed by atoms with Gasteiger partial charge in [-0.3, -0.25) is 4.90 Å². The molecule has 1 aliphatic heterocycles. The standard InChI is InChI=1S/C13H20N2/c1-11(12-6-3-2-4-7-12)15-9-5-8-13(14)10-15/h2-4,6-7,11,13H,5,8-10,14H2,1H3. The summed E-state index contributed by atoms with van der Waals surface area (Å²) in [6.07, 6.45) is 2.41.